The summed E-state index contributed by atoms with van der Waals surface area (Å²) in [6.07, 6.45) is 0. The second-order valence-electron chi connectivity index (χ2n) is 5.43. The summed E-state index contributed by atoms with van der Waals surface area (Å²) in [6.45, 7) is 1.21. The van der Waals surface area contributed by atoms with Gasteiger partial charge in [0.2, 0.25) is 0 Å². The molecule has 0 aliphatic carbocycles. The van der Waals surface area contributed by atoms with Crippen LogP contribution in [0.3, 0.4) is 0 Å². The number of esters is 1. The number of benzene rings is 2. The lowest BCUT2D eigenvalue weighted by Gasteiger charge is -2.24. The topological polar surface area (TPSA) is 82.1 Å². The molecule has 0 spiro atoms. The van der Waals surface area contributed by atoms with Gasteiger partial charge in [0, 0.05) is 6.07 Å². The van der Waals surface area contributed by atoms with E-state index < -0.39 is 22.5 Å². The van der Waals surface area contributed by atoms with E-state index in [2.05, 4.69) is 0 Å². The van der Waals surface area contributed by atoms with Gasteiger partial charge in [0.15, 0.2) is 11.5 Å². The van der Waals surface area contributed by atoms with Crippen LogP contribution in [-0.4, -0.2) is 41.8 Å². The molecule has 0 N–H and O–H groups in total. The minimum absolute atomic E-state index is 0.0967. The predicted molar refractivity (Wildman–Crippen MR) is 107 cm³/mol. The molecule has 28 heavy (non-hydrogen) atoms. The number of methoxy groups -OCH3 is 2. The van der Waals surface area contributed by atoms with Gasteiger partial charge in [-0.1, -0.05) is 23.2 Å². The molecule has 2 rings (SSSR count). The van der Waals surface area contributed by atoms with Gasteiger partial charge in [0.25, 0.3) is 10.0 Å². The van der Waals surface area contributed by atoms with Gasteiger partial charge in [0.1, 0.15) is 6.54 Å². The van der Waals surface area contributed by atoms with Gasteiger partial charge in [-0.3, -0.25) is 9.10 Å². The highest BCUT2D eigenvalue weighted by molar-refractivity contribution is 7.92. The number of hydrogen-bond acceptors (Lipinski definition) is 6. The number of hydrogen-bond donors (Lipinski definition) is 0. The van der Waals surface area contributed by atoms with Crippen LogP contribution in [0, 0.1) is 0 Å². The third-order valence-electron chi connectivity index (χ3n) is 3.71. The summed E-state index contributed by atoms with van der Waals surface area (Å²) in [4.78, 5) is 12.0. The van der Waals surface area contributed by atoms with E-state index in [0.717, 1.165) is 4.31 Å². The highest BCUT2D eigenvalue weighted by Crippen LogP contribution is 2.34. The molecule has 0 radical (unpaired) electrons. The molecule has 0 aliphatic heterocycles. The first kappa shape index (κ1) is 22.1. The van der Waals surface area contributed by atoms with Crippen LogP contribution in [0.2, 0.25) is 10.0 Å². The first-order valence-corrected chi connectivity index (χ1v) is 10.3. The third kappa shape index (κ3) is 4.81. The van der Waals surface area contributed by atoms with E-state index in [1.165, 1.54) is 50.6 Å². The van der Waals surface area contributed by atoms with Crippen LogP contribution in [0.1, 0.15) is 6.92 Å². The fourth-order valence-corrected chi connectivity index (χ4v) is 4.09. The third-order valence-corrected chi connectivity index (χ3v) is 6.22. The largest absolute Gasteiger partial charge is 0.493 e. The summed E-state index contributed by atoms with van der Waals surface area (Å²) < 4.78 is 42.7. The van der Waals surface area contributed by atoms with Gasteiger partial charge in [-0.25, -0.2) is 8.42 Å². The number of carbonyl (C=O) groups excluding carboxylic acids is 1. The van der Waals surface area contributed by atoms with Crippen LogP contribution in [0.15, 0.2) is 41.3 Å². The summed E-state index contributed by atoms with van der Waals surface area (Å²) in [5, 5.41) is 0.403. The molecule has 0 aliphatic rings. The van der Waals surface area contributed by atoms with E-state index in [0.29, 0.717) is 5.75 Å². The van der Waals surface area contributed by atoms with Crippen LogP contribution in [0.25, 0.3) is 0 Å². The fourth-order valence-electron chi connectivity index (χ4n) is 2.38. The Hall–Kier alpha value is -2.16. The van der Waals surface area contributed by atoms with Crippen LogP contribution < -0.4 is 13.8 Å². The van der Waals surface area contributed by atoms with Crippen molar-refractivity contribution in [1.29, 1.82) is 0 Å². The highest BCUT2D eigenvalue weighted by Gasteiger charge is 2.29. The van der Waals surface area contributed by atoms with Gasteiger partial charge in [0.05, 0.1) is 41.5 Å². The molecule has 2 aromatic rings. The Kier molecular flexibility index (Phi) is 7.40. The Balaban J connectivity index is 2.57. The summed E-state index contributed by atoms with van der Waals surface area (Å²) in [6, 6.07) is 8.38. The number of halogens is 2. The molecular formula is C18H19Cl2NO6S. The van der Waals surface area contributed by atoms with Gasteiger partial charge in [-0.2, -0.15) is 0 Å². The van der Waals surface area contributed by atoms with E-state index in [1.807, 2.05) is 0 Å². The van der Waals surface area contributed by atoms with Crippen molar-refractivity contribution in [2.45, 2.75) is 11.8 Å². The quantitative estimate of drug-likeness (QED) is 0.572. The van der Waals surface area contributed by atoms with Crippen LogP contribution in [0.5, 0.6) is 11.5 Å². The zero-order chi connectivity index (χ0) is 20.9. The van der Waals surface area contributed by atoms with Crippen molar-refractivity contribution < 1.29 is 27.4 Å². The van der Waals surface area contributed by atoms with E-state index in [4.69, 9.17) is 37.4 Å². The standard InChI is InChI=1S/C18H19Cl2NO6S/c1-4-27-18(22)11-21(12-5-7-14(19)15(20)9-12)28(23,24)13-6-8-16(25-2)17(10-13)26-3/h5-10H,4,11H2,1-3H3. The minimum atomic E-state index is -4.16. The molecule has 2 aromatic carbocycles. The van der Waals surface area contributed by atoms with Crippen molar-refractivity contribution >= 4 is 44.9 Å². The molecule has 0 fully saturated rings. The van der Waals surface area contributed by atoms with Crippen molar-refractivity contribution in [3.8, 4) is 11.5 Å². The average Bonchev–Trinajstić information content (AvgIpc) is 2.67. The number of sulfonamides is 1. The number of carbonyl (C=O) groups is 1. The Morgan fingerprint density at radius 1 is 1.00 bits per heavy atom. The smallest absolute Gasteiger partial charge is 0.326 e. The molecule has 0 atom stereocenters. The molecule has 0 amide bonds. The Labute approximate surface area is 173 Å². The van der Waals surface area contributed by atoms with Crippen molar-refractivity contribution in [1.82, 2.24) is 0 Å². The molecular weight excluding hydrogens is 429 g/mol. The van der Waals surface area contributed by atoms with Gasteiger partial charge in [-0.15, -0.1) is 0 Å². The van der Waals surface area contributed by atoms with Crippen LogP contribution >= 0.6 is 23.2 Å². The SMILES string of the molecule is CCOC(=O)CN(c1ccc(Cl)c(Cl)c1)S(=O)(=O)c1ccc(OC)c(OC)c1. The Morgan fingerprint density at radius 2 is 1.68 bits per heavy atom. The second kappa shape index (κ2) is 9.36. The van der Waals surface area contributed by atoms with E-state index in [1.54, 1.807) is 6.92 Å². The molecule has 0 aromatic heterocycles. The lowest BCUT2D eigenvalue weighted by Crippen LogP contribution is -2.36. The fraction of sp³-hybridized carbons (Fsp3) is 0.278. The average molecular weight is 448 g/mol. The maximum absolute atomic E-state index is 13.3. The molecule has 0 saturated heterocycles. The van der Waals surface area contributed by atoms with Gasteiger partial charge < -0.3 is 14.2 Å². The summed E-state index contributed by atoms with van der Waals surface area (Å²) in [7, 11) is -1.33. The lowest BCUT2D eigenvalue weighted by molar-refractivity contribution is -0.141. The number of anilines is 1. The van der Waals surface area contributed by atoms with Crippen LogP contribution in [0.4, 0.5) is 5.69 Å². The summed E-state index contributed by atoms with van der Waals surface area (Å²) in [5.41, 5.74) is 0.164. The van der Waals surface area contributed by atoms with Gasteiger partial charge in [-0.05, 0) is 37.3 Å². The van der Waals surface area contributed by atoms with Crippen molar-refractivity contribution in [3.63, 3.8) is 0 Å². The summed E-state index contributed by atoms with van der Waals surface area (Å²) in [5.74, 6) is -0.112. The van der Waals surface area contributed by atoms with E-state index in [-0.39, 0.29) is 33.0 Å². The van der Waals surface area contributed by atoms with Crippen molar-refractivity contribution in [3.05, 3.63) is 46.4 Å². The maximum Gasteiger partial charge on any atom is 0.326 e. The molecule has 10 heteroatoms. The molecule has 7 nitrogen and oxygen atoms in total. The zero-order valence-electron chi connectivity index (χ0n) is 15.4. The zero-order valence-corrected chi connectivity index (χ0v) is 17.8. The monoisotopic (exact) mass is 447 g/mol. The Morgan fingerprint density at radius 3 is 2.25 bits per heavy atom. The normalized spacial score (nSPS) is 11.0. The lowest BCUT2D eigenvalue weighted by atomic mass is 10.3. The molecule has 0 heterocycles. The number of nitrogens with zero attached hydrogens (tertiary/aromatic N) is 1. The first-order valence-electron chi connectivity index (χ1n) is 8.10. The van der Waals surface area contributed by atoms with Crippen LogP contribution in [-0.2, 0) is 19.6 Å². The molecule has 0 saturated carbocycles. The molecule has 0 unspecified atom stereocenters. The number of rotatable bonds is 8. The minimum Gasteiger partial charge on any atom is -0.493 e. The maximum atomic E-state index is 13.3. The predicted octanol–water partition coefficient (Wildman–Crippen LogP) is 3.77. The van der Waals surface area contributed by atoms with E-state index in [9.17, 15) is 13.2 Å². The second-order valence-corrected chi connectivity index (χ2v) is 8.11. The molecule has 0 bridgehead atoms. The highest BCUT2D eigenvalue weighted by atomic mass is 35.5. The first-order chi connectivity index (χ1) is 13.2. The van der Waals surface area contributed by atoms with Crippen molar-refractivity contribution in [2.24, 2.45) is 0 Å². The summed E-state index contributed by atoms with van der Waals surface area (Å²) >= 11 is 12.0. The van der Waals surface area contributed by atoms with E-state index >= 15 is 0 Å². The van der Waals surface area contributed by atoms with Gasteiger partial charge >= 0.3 is 5.97 Å². The molecule has 152 valence electrons. The van der Waals surface area contributed by atoms with Crippen molar-refractivity contribution in [2.75, 3.05) is 31.7 Å². The number of ether oxygens (including phenoxy) is 3. The Bertz CT molecular complexity index is 965.